The summed E-state index contributed by atoms with van der Waals surface area (Å²) < 4.78 is 31.9. The zero-order valence-corrected chi connectivity index (χ0v) is 19.0. The predicted molar refractivity (Wildman–Crippen MR) is 125 cm³/mol. The molecule has 0 aliphatic heterocycles. The van der Waals surface area contributed by atoms with Crippen molar-refractivity contribution in [3.63, 3.8) is 0 Å². The molecule has 31 heavy (non-hydrogen) atoms. The van der Waals surface area contributed by atoms with Gasteiger partial charge < -0.3 is 10.1 Å². The van der Waals surface area contributed by atoms with Crippen molar-refractivity contribution in [2.75, 3.05) is 23.7 Å². The zero-order valence-electron chi connectivity index (χ0n) is 17.4. The van der Waals surface area contributed by atoms with Crippen molar-refractivity contribution in [1.82, 2.24) is 5.32 Å². The van der Waals surface area contributed by atoms with Gasteiger partial charge in [-0.3, -0.25) is 9.10 Å². The number of fused-ring (bicyclic) bond motifs is 1. The molecule has 0 aromatic heterocycles. The Bertz CT molecular complexity index is 1140. The minimum Gasteiger partial charge on any atom is -0.491 e. The van der Waals surface area contributed by atoms with Gasteiger partial charge in [-0.25, -0.2) is 8.42 Å². The third-order valence-electron chi connectivity index (χ3n) is 4.82. The highest BCUT2D eigenvalue weighted by molar-refractivity contribution is 7.92. The minimum atomic E-state index is -3.69. The van der Waals surface area contributed by atoms with E-state index in [1.807, 2.05) is 42.5 Å². The first-order valence-electron chi connectivity index (χ1n) is 9.94. The Morgan fingerprint density at radius 3 is 2.42 bits per heavy atom. The average Bonchev–Trinajstić information content (AvgIpc) is 2.75. The fraction of sp³-hybridized carbons (Fsp3) is 0.261. The van der Waals surface area contributed by atoms with Gasteiger partial charge in [-0.15, -0.1) is 0 Å². The highest BCUT2D eigenvalue weighted by atomic mass is 35.5. The van der Waals surface area contributed by atoms with Gasteiger partial charge in [0.15, 0.2) is 0 Å². The van der Waals surface area contributed by atoms with Crippen LogP contribution in [0.5, 0.6) is 5.75 Å². The number of ether oxygens (including phenoxy) is 1. The van der Waals surface area contributed by atoms with Gasteiger partial charge in [0.2, 0.25) is 15.9 Å². The number of nitrogens with one attached hydrogen (secondary N) is 1. The maximum Gasteiger partial charge on any atom is 0.244 e. The van der Waals surface area contributed by atoms with E-state index in [2.05, 4.69) is 5.32 Å². The van der Waals surface area contributed by atoms with Gasteiger partial charge in [-0.2, -0.15) is 0 Å². The molecule has 0 saturated carbocycles. The monoisotopic (exact) mass is 460 g/mol. The van der Waals surface area contributed by atoms with E-state index in [0.717, 1.165) is 27.1 Å². The first-order valence-corrected chi connectivity index (χ1v) is 12.2. The molecule has 1 N–H and O–H groups in total. The van der Waals surface area contributed by atoms with Crippen molar-refractivity contribution in [2.24, 2.45) is 0 Å². The normalized spacial score (nSPS) is 12.4. The third-order valence-corrected chi connectivity index (χ3v) is 6.25. The standard InChI is InChI=1S/C23H25ClN2O4S/c1-3-21(26(31(2,28)29)19-13-11-18(24)12-14-19)23(27)25-15-16-30-22-10-6-8-17-7-4-5-9-20(17)22/h4-14,21H,3,15-16H2,1-2H3,(H,25,27)/t21-/m1/s1. The van der Waals surface area contributed by atoms with Crippen LogP contribution in [0, 0.1) is 0 Å². The molecule has 0 heterocycles. The maximum atomic E-state index is 12.8. The van der Waals surface area contributed by atoms with Gasteiger partial charge in [0.05, 0.1) is 18.5 Å². The molecule has 0 bridgehead atoms. The van der Waals surface area contributed by atoms with E-state index in [4.69, 9.17) is 16.3 Å². The van der Waals surface area contributed by atoms with Gasteiger partial charge in [-0.1, -0.05) is 54.9 Å². The maximum absolute atomic E-state index is 12.8. The number of rotatable bonds is 9. The van der Waals surface area contributed by atoms with E-state index in [0.29, 0.717) is 17.1 Å². The Morgan fingerprint density at radius 2 is 1.74 bits per heavy atom. The summed E-state index contributed by atoms with van der Waals surface area (Å²) in [4.78, 5) is 12.8. The van der Waals surface area contributed by atoms with Crippen LogP contribution in [0.25, 0.3) is 10.8 Å². The second kappa shape index (κ2) is 10.0. The van der Waals surface area contributed by atoms with E-state index in [9.17, 15) is 13.2 Å². The highest BCUT2D eigenvalue weighted by Crippen LogP contribution is 2.26. The van der Waals surface area contributed by atoms with Crippen LogP contribution < -0.4 is 14.4 Å². The van der Waals surface area contributed by atoms with Crippen LogP contribution in [0.4, 0.5) is 5.69 Å². The van der Waals surface area contributed by atoms with E-state index in [-0.39, 0.29) is 19.1 Å². The van der Waals surface area contributed by atoms with Crippen LogP contribution >= 0.6 is 11.6 Å². The molecule has 1 atom stereocenters. The quantitative estimate of drug-likeness (QED) is 0.485. The molecule has 0 aliphatic carbocycles. The number of hydrogen-bond acceptors (Lipinski definition) is 4. The Labute approximate surface area is 187 Å². The fourth-order valence-electron chi connectivity index (χ4n) is 3.42. The predicted octanol–water partition coefficient (Wildman–Crippen LogP) is 4.23. The minimum absolute atomic E-state index is 0.247. The van der Waals surface area contributed by atoms with Crippen molar-refractivity contribution < 1.29 is 17.9 Å². The van der Waals surface area contributed by atoms with E-state index in [1.165, 1.54) is 0 Å². The first kappa shape index (κ1) is 22.9. The topological polar surface area (TPSA) is 75.7 Å². The van der Waals surface area contributed by atoms with Crippen LogP contribution in [0.3, 0.4) is 0 Å². The van der Waals surface area contributed by atoms with Crippen molar-refractivity contribution in [2.45, 2.75) is 19.4 Å². The van der Waals surface area contributed by atoms with Crippen LogP contribution in [0.2, 0.25) is 5.02 Å². The lowest BCUT2D eigenvalue weighted by Crippen LogP contribution is -2.50. The SMILES string of the molecule is CC[C@H](C(=O)NCCOc1cccc2ccccc12)N(c1ccc(Cl)cc1)S(C)(=O)=O. The van der Waals surface area contributed by atoms with E-state index < -0.39 is 16.1 Å². The highest BCUT2D eigenvalue weighted by Gasteiger charge is 2.31. The second-order valence-electron chi connectivity index (χ2n) is 7.08. The molecule has 0 unspecified atom stereocenters. The Hall–Kier alpha value is -2.77. The number of nitrogens with zero attached hydrogens (tertiary/aromatic N) is 1. The molecule has 3 aromatic carbocycles. The lowest BCUT2D eigenvalue weighted by atomic mass is 10.1. The summed E-state index contributed by atoms with van der Waals surface area (Å²) >= 11 is 5.92. The van der Waals surface area contributed by atoms with E-state index in [1.54, 1.807) is 31.2 Å². The van der Waals surface area contributed by atoms with Crippen molar-refractivity contribution in [1.29, 1.82) is 0 Å². The molecule has 8 heteroatoms. The number of benzene rings is 3. The number of carbonyl (C=O) groups is 1. The summed E-state index contributed by atoms with van der Waals surface area (Å²) in [5.41, 5.74) is 0.390. The average molecular weight is 461 g/mol. The van der Waals surface area contributed by atoms with Gasteiger partial charge in [0.25, 0.3) is 0 Å². The Morgan fingerprint density at radius 1 is 1.06 bits per heavy atom. The lowest BCUT2D eigenvalue weighted by Gasteiger charge is -2.30. The van der Waals surface area contributed by atoms with Crippen molar-refractivity contribution in [3.8, 4) is 5.75 Å². The van der Waals surface area contributed by atoms with Crippen LogP contribution in [-0.2, 0) is 14.8 Å². The number of hydrogen-bond donors (Lipinski definition) is 1. The van der Waals surface area contributed by atoms with Crippen LogP contribution in [0.15, 0.2) is 66.7 Å². The summed E-state index contributed by atoms with van der Waals surface area (Å²) in [5, 5.41) is 5.34. The summed E-state index contributed by atoms with van der Waals surface area (Å²) in [6.45, 7) is 2.28. The van der Waals surface area contributed by atoms with Crippen molar-refractivity contribution >= 4 is 44.0 Å². The molecule has 6 nitrogen and oxygen atoms in total. The molecule has 0 saturated heterocycles. The Balaban J connectivity index is 1.66. The van der Waals surface area contributed by atoms with Gasteiger partial charge in [0.1, 0.15) is 18.4 Å². The molecule has 0 fully saturated rings. The van der Waals surface area contributed by atoms with Crippen LogP contribution in [0.1, 0.15) is 13.3 Å². The van der Waals surface area contributed by atoms with Crippen LogP contribution in [-0.4, -0.2) is 39.8 Å². The molecule has 0 spiro atoms. The first-order chi connectivity index (χ1) is 14.8. The summed E-state index contributed by atoms with van der Waals surface area (Å²) in [6, 6.07) is 19.2. The summed E-state index contributed by atoms with van der Waals surface area (Å²) in [5.74, 6) is 0.350. The van der Waals surface area contributed by atoms with Gasteiger partial charge >= 0.3 is 0 Å². The number of sulfonamides is 1. The molecule has 3 aromatic rings. The number of amides is 1. The molecule has 3 rings (SSSR count). The number of carbonyl (C=O) groups excluding carboxylic acids is 1. The zero-order chi connectivity index (χ0) is 22.4. The second-order valence-corrected chi connectivity index (χ2v) is 9.37. The van der Waals surface area contributed by atoms with Crippen molar-refractivity contribution in [3.05, 3.63) is 71.8 Å². The molecular weight excluding hydrogens is 436 g/mol. The molecular formula is C23H25ClN2O4S. The van der Waals surface area contributed by atoms with Gasteiger partial charge in [-0.05, 0) is 42.1 Å². The smallest absolute Gasteiger partial charge is 0.244 e. The van der Waals surface area contributed by atoms with Gasteiger partial charge in [0, 0.05) is 10.4 Å². The lowest BCUT2D eigenvalue weighted by molar-refractivity contribution is -0.122. The number of halogens is 1. The molecule has 164 valence electrons. The van der Waals surface area contributed by atoms with E-state index >= 15 is 0 Å². The largest absolute Gasteiger partial charge is 0.491 e. The molecule has 0 radical (unpaired) electrons. The number of anilines is 1. The Kier molecular flexibility index (Phi) is 7.41. The molecule has 1 amide bonds. The molecule has 0 aliphatic rings. The fourth-order valence-corrected chi connectivity index (χ4v) is 4.76. The summed E-state index contributed by atoms with van der Waals surface area (Å²) in [7, 11) is -3.69. The summed E-state index contributed by atoms with van der Waals surface area (Å²) in [6.07, 6.45) is 1.40. The third kappa shape index (κ3) is 5.68.